The summed E-state index contributed by atoms with van der Waals surface area (Å²) in [6.07, 6.45) is 3.30. The van der Waals surface area contributed by atoms with Crippen LogP contribution in [0.3, 0.4) is 0 Å². The number of aromatic nitrogens is 3. The van der Waals surface area contributed by atoms with E-state index in [1.54, 1.807) is 59.6 Å². The molecule has 1 unspecified atom stereocenters. The van der Waals surface area contributed by atoms with Crippen LogP contribution in [-0.2, 0) is 12.6 Å². The third kappa shape index (κ3) is 5.32. The summed E-state index contributed by atoms with van der Waals surface area (Å²) in [5.41, 5.74) is 3.03. The largest absolute Gasteiger partial charge is 0.374 e. The zero-order chi connectivity index (χ0) is 29.4. The maximum atomic E-state index is 13.1. The van der Waals surface area contributed by atoms with Gasteiger partial charge in [0.2, 0.25) is 0 Å². The number of rotatable bonds is 6. The topological polar surface area (TPSA) is 80.0 Å². The molecule has 6 rings (SSSR count). The zero-order valence-electron chi connectivity index (χ0n) is 22.2. The third-order valence-corrected chi connectivity index (χ3v) is 8.18. The van der Waals surface area contributed by atoms with E-state index < -0.39 is 5.60 Å². The first-order valence-corrected chi connectivity index (χ1v) is 14.5. The van der Waals surface area contributed by atoms with Gasteiger partial charge in [0.15, 0.2) is 5.60 Å². The van der Waals surface area contributed by atoms with E-state index in [9.17, 15) is 9.90 Å². The lowest BCUT2D eigenvalue weighted by Crippen LogP contribution is -2.31. The number of fused-ring (bicyclic) bond motifs is 1. The first kappa shape index (κ1) is 28.1. The van der Waals surface area contributed by atoms with Crippen LogP contribution in [0.15, 0.2) is 114 Å². The van der Waals surface area contributed by atoms with Crippen LogP contribution in [0.25, 0.3) is 22.0 Å². The van der Waals surface area contributed by atoms with Crippen molar-refractivity contribution < 1.29 is 9.90 Å². The molecule has 1 atom stereocenters. The van der Waals surface area contributed by atoms with Gasteiger partial charge >= 0.3 is 0 Å². The Morgan fingerprint density at radius 2 is 1.64 bits per heavy atom. The molecule has 4 aromatic carbocycles. The van der Waals surface area contributed by atoms with Gasteiger partial charge in [0.25, 0.3) is 5.91 Å². The van der Waals surface area contributed by atoms with Gasteiger partial charge in [-0.2, -0.15) is 0 Å². The highest BCUT2D eigenvalue weighted by atomic mass is 79.9. The van der Waals surface area contributed by atoms with Crippen LogP contribution in [0, 0.1) is 0 Å². The minimum absolute atomic E-state index is 0.281. The fourth-order valence-electron chi connectivity index (χ4n) is 5.06. The number of hydrogen-bond donors (Lipinski definition) is 2. The predicted octanol–water partition coefficient (Wildman–Crippen LogP) is 8.24. The number of nitrogens with one attached hydrogen (secondary N) is 1. The summed E-state index contributed by atoms with van der Waals surface area (Å²) in [7, 11) is 1.84. The summed E-state index contributed by atoms with van der Waals surface area (Å²) >= 11 is 16.0. The minimum Gasteiger partial charge on any atom is -0.374 e. The monoisotopic (exact) mass is 656 g/mol. The summed E-state index contributed by atoms with van der Waals surface area (Å²) in [6.45, 7) is 0. The number of hydrogen-bond acceptors (Lipinski definition) is 4. The van der Waals surface area contributed by atoms with Crippen molar-refractivity contribution in [3.8, 4) is 11.1 Å². The molecule has 42 heavy (non-hydrogen) atoms. The van der Waals surface area contributed by atoms with Crippen molar-refractivity contribution in [2.24, 2.45) is 7.05 Å². The molecule has 0 aliphatic carbocycles. The lowest BCUT2D eigenvalue weighted by Gasteiger charge is -2.30. The van der Waals surface area contributed by atoms with Crippen LogP contribution in [0.5, 0.6) is 0 Å². The lowest BCUT2D eigenvalue weighted by molar-refractivity contribution is 0.102. The average Bonchev–Trinajstić information content (AvgIpc) is 3.43. The number of pyridine rings is 1. The Balaban J connectivity index is 1.54. The number of carbonyl (C=O) groups is 1. The van der Waals surface area contributed by atoms with Gasteiger partial charge in [0.05, 0.1) is 23.7 Å². The number of anilines is 1. The second-order valence-corrected chi connectivity index (χ2v) is 11.7. The summed E-state index contributed by atoms with van der Waals surface area (Å²) in [6, 6.07) is 29.1. The summed E-state index contributed by atoms with van der Waals surface area (Å²) in [4.78, 5) is 22.1. The van der Waals surface area contributed by atoms with Gasteiger partial charge in [-0.1, -0.05) is 69.5 Å². The van der Waals surface area contributed by atoms with Crippen LogP contribution in [-0.4, -0.2) is 25.5 Å². The number of halogens is 3. The highest BCUT2D eigenvalue weighted by Crippen LogP contribution is 2.40. The number of aryl methyl sites for hydroxylation is 1. The molecule has 0 saturated heterocycles. The van der Waals surface area contributed by atoms with Gasteiger partial charge in [-0.3, -0.25) is 4.79 Å². The maximum Gasteiger partial charge on any atom is 0.256 e. The highest BCUT2D eigenvalue weighted by molar-refractivity contribution is 9.10. The van der Waals surface area contributed by atoms with Crippen molar-refractivity contribution in [1.29, 1.82) is 0 Å². The summed E-state index contributed by atoms with van der Waals surface area (Å²) < 4.78 is 2.67. The molecule has 0 aliphatic rings. The van der Waals surface area contributed by atoms with E-state index in [-0.39, 0.29) is 5.91 Å². The Labute approximate surface area is 260 Å². The Morgan fingerprint density at radius 1 is 0.905 bits per heavy atom. The van der Waals surface area contributed by atoms with E-state index in [1.165, 1.54) is 0 Å². The first-order chi connectivity index (χ1) is 20.2. The van der Waals surface area contributed by atoms with E-state index in [4.69, 9.17) is 28.2 Å². The van der Waals surface area contributed by atoms with Gasteiger partial charge in [-0.25, -0.2) is 9.97 Å². The molecule has 208 valence electrons. The minimum atomic E-state index is -1.55. The van der Waals surface area contributed by atoms with Crippen LogP contribution < -0.4 is 5.32 Å². The number of imidazole rings is 1. The Bertz CT molecular complexity index is 1940. The molecule has 0 fully saturated rings. The molecule has 0 aliphatic heterocycles. The third-order valence-electron chi connectivity index (χ3n) is 7.16. The molecule has 2 N–H and O–H groups in total. The summed E-state index contributed by atoms with van der Waals surface area (Å²) in [5, 5.41) is 17.3. The second-order valence-electron chi connectivity index (χ2n) is 9.87. The summed E-state index contributed by atoms with van der Waals surface area (Å²) in [5.74, 6) is 0.106. The standard InChI is InChI=1S/C33H23BrCl2N4O2/c1-40-19-37-18-30(40)33(42,22-7-12-25(35)13-8-22)23-9-14-29-28(16-23)27(21-3-2-4-26(36)15-21)17-31(38-29)39-32(41)20-5-10-24(34)11-6-20/h2-19,42H,1H3,(H,38,39,41). The fourth-order valence-corrected chi connectivity index (χ4v) is 5.64. The van der Waals surface area contributed by atoms with E-state index in [0.717, 1.165) is 21.0 Å². The van der Waals surface area contributed by atoms with Crippen LogP contribution in [0.2, 0.25) is 10.0 Å². The van der Waals surface area contributed by atoms with Gasteiger partial charge in [-0.05, 0) is 89.0 Å². The molecule has 2 heterocycles. The fraction of sp³-hybridized carbons (Fsp3) is 0.0606. The van der Waals surface area contributed by atoms with Gasteiger partial charge < -0.3 is 15.0 Å². The van der Waals surface area contributed by atoms with Gasteiger partial charge in [-0.15, -0.1) is 0 Å². The van der Waals surface area contributed by atoms with E-state index in [0.29, 0.717) is 43.8 Å². The van der Waals surface area contributed by atoms with Gasteiger partial charge in [0, 0.05) is 32.5 Å². The van der Waals surface area contributed by atoms with E-state index in [2.05, 4.69) is 26.2 Å². The number of aliphatic hydroxyl groups is 1. The number of benzene rings is 4. The quantitative estimate of drug-likeness (QED) is 0.189. The maximum absolute atomic E-state index is 13.1. The molecule has 0 saturated carbocycles. The van der Waals surface area contributed by atoms with Gasteiger partial charge in [0.1, 0.15) is 5.82 Å². The molecular weight excluding hydrogens is 635 g/mol. The molecular formula is C33H23BrCl2N4O2. The zero-order valence-corrected chi connectivity index (χ0v) is 25.3. The smallest absolute Gasteiger partial charge is 0.256 e. The molecule has 0 spiro atoms. The van der Waals surface area contributed by atoms with Crippen LogP contribution in [0.4, 0.5) is 5.82 Å². The second kappa shape index (κ2) is 11.3. The Morgan fingerprint density at radius 3 is 2.33 bits per heavy atom. The lowest BCUT2D eigenvalue weighted by atomic mass is 9.82. The molecule has 9 heteroatoms. The van der Waals surface area contributed by atoms with Crippen molar-refractivity contribution in [3.63, 3.8) is 0 Å². The number of carbonyl (C=O) groups excluding carboxylic acids is 1. The highest BCUT2D eigenvalue weighted by Gasteiger charge is 2.37. The molecule has 0 radical (unpaired) electrons. The molecule has 1 amide bonds. The van der Waals surface area contributed by atoms with Crippen molar-refractivity contribution in [3.05, 3.63) is 146 Å². The van der Waals surface area contributed by atoms with E-state index >= 15 is 0 Å². The average molecular weight is 658 g/mol. The molecule has 0 bridgehead atoms. The van der Waals surface area contributed by atoms with Crippen molar-refractivity contribution in [2.75, 3.05) is 5.32 Å². The molecule has 6 nitrogen and oxygen atoms in total. The predicted molar refractivity (Wildman–Crippen MR) is 171 cm³/mol. The molecule has 2 aromatic heterocycles. The van der Waals surface area contributed by atoms with Crippen LogP contribution in [0.1, 0.15) is 27.2 Å². The first-order valence-electron chi connectivity index (χ1n) is 13.0. The molecule has 6 aromatic rings. The normalized spacial score (nSPS) is 12.7. The Kier molecular flexibility index (Phi) is 7.60. The van der Waals surface area contributed by atoms with Crippen molar-refractivity contribution in [1.82, 2.24) is 14.5 Å². The SMILES string of the molecule is Cn1cncc1C(O)(c1ccc(Cl)cc1)c1ccc2nc(NC(=O)c3ccc(Br)cc3)cc(-c3cccc(Cl)c3)c2c1. The Hall–Kier alpha value is -4.01. The number of nitrogens with zero attached hydrogens (tertiary/aromatic N) is 3. The number of amides is 1. The van der Waals surface area contributed by atoms with Crippen molar-refractivity contribution >= 4 is 61.8 Å². The van der Waals surface area contributed by atoms with E-state index in [1.807, 2.05) is 61.6 Å². The van der Waals surface area contributed by atoms with Crippen LogP contribution >= 0.6 is 39.1 Å². The van der Waals surface area contributed by atoms with Crippen molar-refractivity contribution in [2.45, 2.75) is 5.60 Å².